The Morgan fingerprint density at radius 2 is 1.76 bits per heavy atom. The van der Waals surface area contributed by atoms with Crippen molar-refractivity contribution in [3.63, 3.8) is 0 Å². The number of hydrogen-bond donors (Lipinski definition) is 0. The van der Waals surface area contributed by atoms with Gasteiger partial charge in [-0.1, -0.05) is 54.9 Å². The average Bonchev–Trinajstić information content (AvgIpc) is 3.43. The van der Waals surface area contributed by atoms with E-state index in [0.29, 0.717) is 13.2 Å². The summed E-state index contributed by atoms with van der Waals surface area (Å²) in [7, 11) is -2.05. The molecule has 1 aromatic rings. The monoisotopic (exact) mass is 484 g/mol. The van der Waals surface area contributed by atoms with Crippen molar-refractivity contribution in [2.75, 3.05) is 6.61 Å². The van der Waals surface area contributed by atoms with Crippen LogP contribution in [0.1, 0.15) is 26.3 Å². The molecule has 4 heterocycles. The first-order chi connectivity index (χ1) is 13.6. The van der Waals surface area contributed by atoms with Crippen molar-refractivity contribution >= 4 is 24.2 Å². The Morgan fingerprint density at radius 1 is 1.10 bits per heavy atom. The standard InChI is InChI=1S/C21H29BrO6Si/c1-20(2,3)29(4,5)28-16-14-15(23-10-12-8-6-7-9-13(12)22)17-21(11-24-21)18(16)27-19(25-14)26-17/h6-9,14-19H,10-11H2,1-5H3/t14-,15+,16+,17-,18-,19-,21+/m0/s1. The molecular weight excluding hydrogens is 456 g/mol. The summed E-state index contributed by atoms with van der Waals surface area (Å²) >= 11 is 3.60. The summed E-state index contributed by atoms with van der Waals surface area (Å²) in [6.45, 7) is 11.6. The highest BCUT2D eigenvalue weighted by atomic mass is 79.9. The van der Waals surface area contributed by atoms with E-state index < -0.39 is 20.4 Å². The fourth-order valence-corrected chi connectivity index (χ4v) is 5.99. The molecule has 1 saturated carbocycles. The molecule has 6 nitrogen and oxygen atoms in total. The maximum atomic E-state index is 6.82. The van der Waals surface area contributed by atoms with Crippen LogP contribution in [0, 0.1) is 0 Å². The maximum absolute atomic E-state index is 6.82. The lowest BCUT2D eigenvalue weighted by Crippen LogP contribution is -2.78. The summed E-state index contributed by atoms with van der Waals surface area (Å²) < 4.78 is 38.4. The minimum absolute atomic E-state index is 0.0843. The van der Waals surface area contributed by atoms with Crippen molar-refractivity contribution in [3.8, 4) is 0 Å². The summed E-state index contributed by atoms with van der Waals surface area (Å²) in [5, 5.41) is 0.0843. The highest BCUT2D eigenvalue weighted by Gasteiger charge is 2.76. The second-order valence-corrected chi connectivity index (χ2v) is 15.6. The predicted molar refractivity (Wildman–Crippen MR) is 112 cm³/mol. The topological polar surface area (TPSA) is 58.7 Å². The minimum Gasteiger partial charge on any atom is -0.408 e. The molecular formula is C21H29BrO6Si. The van der Waals surface area contributed by atoms with Gasteiger partial charge in [0.25, 0.3) is 6.48 Å². The zero-order chi connectivity index (χ0) is 20.6. The molecule has 6 rings (SSSR count). The second kappa shape index (κ2) is 6.84. The zero-order valence-corrected chi connectivity index (χ0v) is 20.1. The van der Waals surface area contributed by atoms with Crippen LogP contribution in [0.4, 0.5) is 0 Å². The smallest absolute Gasteiger partial charge is 0.273 e. The van der Waals surface area contributed by atoms with Crippen molar-refractivity contribution in [3.05, 3.63) is 34.3 Å². The lowest BCUT2D eigenvalue weighted by molar-refractivity contribution is -0.479. The molecule has 1 aromatic carbocycles. The summed E-state index contributed by atoms with van der Waals surface area (Å²) in [6.07, 6.45) is -1.10. The predicted octanol–water partition coefficient (Wildman–Crippen LogP) is 3.97. The molecule has 160 valence electrons. The van der Waals surface area contributed by atoms with E-state index in [9.17, 15) is 0 Å². The first kappa shape index (κ1) is 20.6. The van der Waals surface area contributed by atoms with E-state index in [1.54, 1.807) is 0 Å². The number of benzene rings is 1. The van der Waals surface area contributed by atoms with E-state index in [0.717, 1.165) is 10.0 Å². The Labute approximate surface area is 181 Å². The molecule has 4 bridgehead atoms. The van der Waals surface area contributed by atoms with Crippen LogP contribution in [0.15, 0.2) is 28.7 Å². The molecule has 5 aliphatic rings. The number of ether oxygens (including phenoxy) is 5. The Bertz CT molecular complexity index is 792. The molecule has 0 radical (unpaired) electrons. The Kier molecular flexibility index (Phi) is 4.85. The van der Waals surface area contributed by atoms with Gasteiger partial charge in [-0.2, -0.15) is 0 Å². The Morgan fingerprint density at radius 3 is 2.38 bits per heavy atom. The summed E-state index contributed by atoms with van der Waals surface area (Å²) in [5.41, 5.74) is 0.604. The van der Waals surface area contributed by atoms with E-state index in [-0.39, 0.29) is 35.6 Å². The number of halogens is 1. The molecule has 0 aromatic heterocycles. The summed E-state index contributed by atoms with van der Waals surface area (Å²) in [4.78, 5) is 0. The number of rotatable bonds is 5. The highest BCUT2D eigenvalue weighted by Crippen LogP contribution is 2.55. The van der Waals surface area contributed by atoms with Crippen LogP contribution in [0.3, 0.4) is 0 Å². The first-order valence-electron chi connectivity index (χ1n) is 10.3. The third kappa shape index (κ3) is 3.27. The third-order valence-corrected chi connectivity index (χ3v) is 12.3. The average molecular weight is 485 g/mol. The van der Waals surface area contributed by atoms with Gasteiger partial charge in [0.05, 0.1) is 13.2 Å². The number of epoxide rings is 1. The van der Waals surface area contributed by atoms with E-state index >= 15 is 0 Å². The van der Waals surface area contributed by atoms with Gasteiger partial charge in [-0.3, -0.25) is 0 Å². The molecule has 4 saturated heterocycles. The normalized spacial score (nSPS) is 40.6. The van der Waals surface area contributed by atoms with Gasteiger partial charge in [-0.05, 0) is 29.8 Å². The van der Waals surface area contributed by atoms with Crippen LogP contribution < -0.4 is 0 Å². The van der Waals surface area contributed by atoms with Gasteiger partial charge in [0.15, 0.2) is 8.32 Å². The van der Waals surface area contributed by atoms with Crippen molar-refractivity contribution in [1.29, 1.82) is 0 Å². The highest BCUT2D eigenvalue weighted by molar-refractivity contribution is 9.10. The molecule has 0 amide bonds. The van der Waals surface area contributed by atoms with Crippen LogP contribution in [-0.4, -0.2) is 57.5 Å². The van der Waals surface area contributed by atoms with Gasteiger partial charge in [0.1, 0.15) is 36.1 Å². The molecule has 4 aliphatic heterocycles. The van der Waals surface area contributed by atoms with E-state index in [4.69, 9.17) is 28.1 Å². The largest absolute Gasteiger partial charge is 0.408 e. The lowest BCUT2D eigenvalue weighted by Gasteiger charge is -2.60. The lowest BCUT2D eigenvalue weighted by atomic mass is 9.76. The van der Waals surface area contributed by atoms with Gasteiger partial charge in [-0.25, -0.2) is 0 Å². The first-order valence-corrected chi connectivity index (χ1v) is 14.0. The van der Waals surface area contributed by atoms with Gasteiger partial charge in [0, 0.05) is 4.47 Å². The fraction of sp³-hybridized carbons (Fsp3) is 0.714. The van der Waals surface area contributed by atoms with Crippen LogP contribution >= 0.6 is 15.9 Å². The van der Waals surface area contributed by atoms with Crippen LogP contribution in [0.2, 0.25) is 18.1 Å². The number of hydrogen-bond acceptors (Lipinski definition) is 6. The molecule has 7 atom stereocenters. The second-order valence-electron chi connectivity index (χ2n) is 9.96. The third-order valence-electron chi connectivity index (χ3n) is 7.09. The molecule has 0 unspecified atom stereocenters. The molecule has 5 fully saturated rings. The fourth-order valence-electron chi connectivity index (χ4n) is 4.29. The Balaban J connectivity index is 1.42. The van der Waals surface area contributed by atoms with Crippen molar-refractivity contribution in [2.24, 2.45) is 0 Å². The van der Waals surface area contributed by atoms with Crippen molar-refractivity contribution in [1.82, 2.24) is 0 Å². The van der Waals surface area contributed by atoms with Crippen molar-refractivity contribution in [2.45, 2.75) is 88.1 Å². The molecule has 1 aliphatic carbocycles. The van der Waals surface area contributed by atoms with Gasteiger partial charge in [-0.15, -0.1) is 0 Å². The Hall–Kier alpha value is -0.323. The molecule has 8 heteroatoms. The summed E-state index contributed by atoms with van der Waals surface area (Å²) in [6, 6.07) is 8.08. The van der Waals surface area contributed by atoms with Gasteiger partial charge in [0.2, 0.25) is 0 Å². The van der Waals surface area contributed by atoms with Gasteiger partial charge >= 0.3 is 0 Å². The molecule has 0 N–H and O–H groups in total. The van der Waals surface area contributed by atoms with Gasteiger partial charge < -0.3 is 28.1 Å². The van der Waals surface area contributed by atoms with E-state index in [1.807, 2.05) is 18.2 Å². The van der Waals surface area contributed by atoms with E-state index in [1.165, 1.54) is 0 Å². The molecule has 29 heavy (non-hydrogen) atoms. The van der Waals surface area contributed by atoms with Crippen molar-refractivity contribution < 1.29 is 28.1 Å². The maximum Gasteiger partial charge on any atom is 0.273 e. The van der Waals surface area contributed by atoms with Crippen LogP contribution in [0.5, 0.6) is 0 Å². The molecule has 1 spiro atoms. The van der Waals surface area contributed by atoms with Crippen LogP contribution in [0.25, 0.3) is 0 Å². The van der Waals surface area contributed by atoms with E-state index in [2.05, 4.69) is 55.9 Å². The quantitative estimate of drug-likeness (QED) is 0.465. The zero-order valence-electron chi connectivity index (χ0n) is 17.5. The minimum atomic E-state index is -2.05. The van der Waals surface area contributed by atoms with Crippen LogP contribution in [-0.2, 0) is 34.7 Å². The summed E-state index contributed by atoms with van der Waals surface area (Å²) in [5.74, 6) is 0. The SMILES string of the molecule is CC(C)(C)[Si](C)(C)O[C@@H]1[C@H]2O[C@H]3O[C@@H]([C@@H]2OCc2ccccc2Br)[C@]2(CO2)[C@H]1O3.